The summed E-state index contributed by atoms with van der Waals surface area (Å²) in [7, 11) is 0. The summed E-state index contributed by atoms with van der Waals surface area (Å²) >= 11 is 1.51. The van der Waals surface area contributed by atoms with Gasteiger partial charge in [0.1, 0.15) is 0 Å². The number of rotatable bonds is 8. The Balaban J connectivity index is 1.87. The molecule has 0 aliphatic carbocycles. The molecule has 0 radical (unpaired) electrons. The van der Waals surface area contributed by atoms with Crippen molar-refractivity contribution in [3.8, 4) is 0 Å². The van der Waals surface area contributed by atoms with Gasteiger partial charge in [-0.1, -0.05) is 26.0 Å². The first-order valence-electron chi connectivity index (χ1n) is 9.36. The van der Waals surface area contributed by atoms with Gasteiger partial charge in [0, 0.05) is 29.2 Å². The summed E-state index contributed by atoms with van der Waals surface area (Å²) in [5.41, 5.74) is 2.63. The molecule has 0 atom stereocenters. The molecule has 27 heavy (non-hydrogen) atoms. The number of benzene rings is 2. The zero-order chi connectivity index (χ0) is 19.8. The molecule has 0 aliphatic rings. The minimum Gasteiger partial charge on any atom is -0.339 e. The average Bonchev–Trinajstić information content (AvgIpc) is 2.68. The van der Waals surface area contributed by atoms with E-state index in [4.69, 9.17) is 0 Å². The maximum atomic E-state index is 12.3. The number of nitrogens with one attached hydrogen (secondary N) is 1. The number of thioether (sulfide) groups is 1. The monoisotopic (exact) mass is 384 g/mol. The average molecular weight is 385 g/mol. The van der Waals surface area contributed by atoms with E-state index in [2.05, 4.69) is 43.4 Å². The van der Waals surface area contributed by atoms with E-state index < -0.39 is 0 Å². The number of hydrogen-bond acceptors (Lipinski definition) is 3. The number of amides is 2. The molecule has 0 aromatic heterocycles. The van der Waals surface area contributed by atoms with Crippen molar-refractivity contribution < 1.29 is 9.59 Å². The van der Waals surface area contributed by atoms with Crippen LogP contribution in [0.1, 0.15) is 49.5 Å². The molecule has 2 rings (SSSR count). The molecule has 2 aromatic rings. The fourth-order valence-electron chi connectivity index (χ4n) is 2.68. The third-order valence-electron chi connectivity index (χ3n) is 4.38. The zero-order valence-corrected chi connectivity index (χ0v) is 17.3. The van der Waals surface area contributed by atoms with Gasteiger partial charge < -0.3 is 10.2 Å². The van der Waals surface area contributed by atoms with Gasteiger partial charge in [-0.05, 0) is 61.7 Å². The summed E-state index contributed by atoms with van der Waals surface area (Å²) in [5, 5.41) is 2.88. The highest BCUT2D eigenvalue weighted by atomic mass is 32.2. The first kappa shape index (κ1) is 21.0. The summed E-state index contributed by atoms with van der Waals surface area (Å²) in [6.45, 7) is 9.62. The Morgan fingerprint density at radius 2 is 1.56 bits per heavy atom. The van der Waals surface area contributed by atoms with Crippen LogP contribution in [0, 0.1) is 0 Å². The molecule has 5 heteroatoms. The van der Waals surface area contributed by atoms with E-state index in [1.54, 1.807) is 29.2 Å². The molecule has 0 heterocycles. The maximum absolute atomic E-state index is 12.3. The van der Waals surface area contributed by atoms with Crippen molar-refractivity contribution in [1.29, 1.82) is 0 Å². The van der Waals surface area contributed by atoms with Gasteiger partial charge in [0.05, 0.1) is 5.75 Å². The second kappa shape index (κ2) is 10.2. The van der Waals surface area contributed by atoms with E-state index in [-0.39, 0.29) is 11.8 Å². The highest BCUT2D eigenvalue weighted by Gasteiger charge is 2.12. The van der Waals surface area contributed by atoms with Crippen LogP contribution in [0.3, 0.4) is 0 Å². The molecule has 0 saturated heterocycles. The van der Waals surface area contributed by atoms with Gasteiger partial charge in [-0.25, -0.2) is 0 Å². The van der Waals surface area contributed by atoms with E-state index in [1.165, 1.54) is 17.3 Å². The van der Waals surface area contributed by atoms with Crippen molar-refractivity contribution in [3.63, 3.8) is 0 Å². The molecule has 0 unspecified atom stereocenters. The molecule has 2 amide bonds. The molecule has 0 saturated carbocycles. The van der Waals surface area contributed by atoms with Gasteiger partial charge in [0.15, 0.2) is 0 Å². The van der Waals surface area contributed by atoms with Crippen LogP contribution in [0.5, 0.6) is 0 Å². The lowest BCUT2D eigenvalue weighted by molar-refractivity contribution is -0.113. The zero-order valence-electron chi connectivity index (χ0n) is 16.5. The lowest BCUT2D eigenvalue weighted by atomic mass is 10.0. The van der Waals surface area contributed by atoms with Gasteiger partial charge in [-0.15, -0.1) is 11.8 Å². The summed E-state index contributed by atoms with van der Waals surface area (Å²) < 4.78 is 0. The first-order valence-corrected chi connectivity index (χ1v) is 10.3. The van der Waals surface area contributed by atoms with E-state index in [1.807, 2.05) is 13.8 Å². The Morgan fingerprint density at radius 1 is 0.963 bits per heavy atom. The van der Waals surface area contributed by atoms with Crippen molar-refractivity contribution in [2.45, 2.75) is 38.5 Å². The fraction of sp³-hybridized carbons (Fsp3) is 0.364. The number of carbonyl (C=O) groups is 2. The maximum Gasteiger partial charge on any atom is 0.253 e. The van der Waals surface area contributed by atoms with Crippen LogP contribution >= 0.6 is 11.8 Å². The molecule has 2 aromatic carbocycles. The van der Waals surface area contributed by atoms with Crippen LogP contribution < -0.4 is 5.32 Å². The Morgan fingerprint density at radius 3 is 2.07 bits per heavy atom. The molecule has 1 N–H and O–H groups in total. The largest absolute Gasteiger partial charge is 0.339 e. The van der Waals surface area contributed by atoms with E-state index >= 15 is 0 Å². The van der Waals surface area contributed by atoms with Crippen LogP contribution in [-0.2, 0) is 4.79 Å². The second-order valence-corrected chi connectivity index (χ2v) is 7.66. The van der Waals surface area contributed by atoms with E-state index in [9.17, 15) is 9.59 Å². The van der Waals surface area contributed by atoms with Crippen LogP contribution in [0.25, 0.3) is 0 Å². The third kappa shape index (κ3) is 6.14. The van der Waals surface area contributed by atoms with Gasteiger partial charge in [-0.2, -0.15) is 0 Å². The van der Waals surface area contributed by atoms with Crippen LogP contribution in [0.15, 0.2) is 53.4 Å². The smallest absolute Gasteiger partial charge is 0.253 e. The molecule has 144 valence electrons. The number of hydrogen-bond donors (Lipinski definition) is 1. The molecule has 0 spiro atoms. The fourth-order valence-corrected chi connectivity index (χ4v) is 3.38. The number of nitrogens with zero attached hydrogens (tertiary/aromatic N) is 1. The van der Waals surface area contributed by atoms with Crippen molar-refractivity contribution in [2.75, 3.05) is 24.2 Å². The Bertz CT molecular complexity index is 751. The Labute approximate surface area is 166 Å². The minimum atomic E-state index is -0.0595. The lowest BCUT2D eigenvalue weighted by Crippen LogP contribution is -2.30. The van der Waals surface area contributed by atoms with Crippen molar-refractivity contribution in [2.24, 2.45) is 0 Å². The minimum absolute atomic E-state index is 0.0123. The third-order valence-corrected chi connectivity index (χ3v) is 5.39. The molecular weight excluding hydrogens is 356 g/mol. The lowest BCUT2D eigenvalue weighted by Gasteiger charge is -2.18. The summed E-state index contributed by atoms with van der Waals surface area (Å²) in [5.74, 6) is 0.805. The van der Waals surface area contributed by atoms with Crippen molar-refractivity contribution in [3.05, 3.63) is 59.7 Å². The normalized spacial score (nSPS) is 10.7. The van der Waals surface area contributed by atoms with E-state index in [0.717, 1.165) is 4.90 Å². The highest BCUT2D eigenvalue weighted by molar-refractivity contribution is 8.00. The standard InChI is InChI=1S/C22H28N2O2S/c1-5-24(6-2)22(26)18-7-11-19(12-8-18)23-21(25)15-27-20-13-9-17(10-14-20)16(3)4/h7-14,16H,5-6,15H2,1-4H3,(H,23,25). The predicted molar refractivity (Wildman–Crippen MR) is 114 cm³/mol. The van der Waals surface area contributed by atoms with Crippen LogP contribution in [0.2, 0.25) is 0 Å². The molecule has 0 bridgehead atoms. The van der Waals surface area contributed by atoms with Gasteiger partial charge >= 0.3 is 0 Å². The van der Waals surface area contributed by atoms with Crippen LogP contribution in [0.4, 0.5) is 5.69 Å². The second-order valence-electron chi connectivity index (χ2n) is 6.62. The quantitative estimate of drug-likeness (QED) is 0.650. The van der Waals surface area contributed by atoms with Crippen molar-refractivity contribution >= 4 is 29.3 Å². The van der Waals surface area contributed by atoms with Gasteiger partial charge in [-0.3, -0.25) is 9.59 Å². The SMILES string of the molecule is CCN(CC)C(=O)c1ccc(NC(=O)CSc2ccc(C(C)C)cc2)cc1. The molecule has 0 aliphatic heterocycles. The number of anilines is 1. The Kier molecular flexibility index (Phi) is 7.92. The molecule has 4 nitrogen and oxygen atoms in total. The highest BCUT2D eigenvalue weighted by Crippen LogP contribution is 2.22. The van der Waals surface area contributed by atoms with Gasteiger partial charge in [0.2, 0.25) is 5.91 Å². The topological polar surface area (TPSA) is 49.4 Å². The van der Waals surface area contributed by atoms with Crippen molar-refractivity contribution in [1.82, 2.24) is 4.90 Å². The van der Waals surface area contributed by atoms with E-state index in [0.29, 0.717) is 36.0 Å². The summed E-state index contributed by atoms with van der Waals surface area (Å²) in [6.07, 6.45) is 0. The molecule has 0 fully saturated rings. The van der Waals surface area contributed by atoms with Crippen LogP contribution in [-0.4, -0.2) is 35.6 Å². The number of carbonyl (C=O) groups excluding carboxylic acids is 2. The Hall–Kier alpha value is -2.27. The van der Waals surface area contributed by atoms with Gasteiger partial charge in [0.25, 0.3) is 5.91 Å². The molecular formula is C22H28N2O2S. The first-order chi connectivity index (χ1) is 12.9. The summed E-state index contributed by atoms with van der Waals surface area (Å²) in [6, 6.07) is 15.4. The predicted octanol–water partition coefficient (Wildman–Crippen LogP) is 5.02. The summed E-state index contributed by atoms with van der Waals surface area (Å²) in [4.78, 5) is 27.3.